The van der Waals surface area contributed by atoms with Gasteiger partial charge in [-0.15, -0.1) is 13.2 Å². The van der Waals surface area contributed by atoms with Crippen molar-refractivity contribution in [1.29, 1.82) is 0 Å². The fraction of sp³-hybridized carbons (Fsp3) is 0.439. The van der Waals surface area contributed by atoms with Crippen LogP contribution in [-0.2, 0) is 39.5 Å². The number of alkyl halides is 6. The van der Waals surface area contributed by atoms with E-state index in [1.165, 1.54) is 26.8 Å². The first-order valence-electron chi connectivity index (χ1n) is 18.0. The van der Waals surface area contributed by atoms with Crippen molar-refractivity contribution in [3.63, 3.8) is 0 Å². The highest BCUT2D eigenvalue weighted by atomic mass is 19.4. The Kier molecular flexibility index (Phi) is 15.8. The number of carbonyl (C=O) groups is 2. The zero-order chi connectivity index (χ0) is 42.1. The summed E-state index contributed by atoms with van der Waals surface area (Å²) in [5.74, 6) is -4.59. The number of benzene rings is 2. The highest BCUT2D eigenvalue weighted by Gasteiger charge is 2.39. The van der Waals surface area contributed by atoms with Crippen LogP contribution in [0, 0.1) is 18.6 Å². The number of pyridine rings is 1. The van der Waals surface area contributed by atoms with Gasteiger partial charge in [0.1, 0.15) is 17.7 Å². The summed E-state index contributed by atoms with van der Waals surface area (Å²) < 4.78 is 123. The van der Waals surface area contributed by atoms with Crippen LogP contribution in [0.2, 0.25) is 0 Å². The zero-order valence-corrected chi connectivity index (χ0v) is 32.0. The number of aryl methyl sites for hydroxylation is 2. The molecule has 0 radical (unpaired) electrons. The number of carbonyl (C=O) groups excluding carboxylic acids is 2. The third-order valence-corrected chi connectivity index (χ3v) is 9.03. The lowest BCUT2D eigenvalue weighted by Crippen LogP contribution is -2.40. The van der Waals surface area contributed by atoms with Crippen molar-refractivity contribution in [1.82, 2.24) is 14.8 Å². The van der Waals surface area contributed by atoms with Gasteiger partial charge in [-0.2, -0.15) is 26.3 Å². The Morgan fingerprint density at radius 2 is 1.61 bits per heavy atom. The molecule has 3 rings (SSSR count). The van der Waals surface area contributed by atoms with Gasteiger partial charge in [0, 0.05) is 24.4 Å². The number of ether oxygens (including phenoxy) is 1. The van der Waals surface area contributed by atoms with Gasteiger partial charge in [-0.25, -0.2) is 8.78 Å². The summed E-state index contributed by atoms with van der Waals surface area (Å²) in [5, 5.41) is 2.41. The lowest BCUT2D eigenvalue weighted by Gasteiger charge is -2.27. The van der Waals surface area contributed by atoms with Crippen molar-refractivity contribution < 1.29 is 49.4 Å². The first-order valence-corrected chi connectivity index (χ1v) is 18.0. The predicted molar refractivity (Wildman–Crippen MR) is 198 cm³/mol. The second-order valence-corrected chi connectivity index (χ2v) is 14.0. The third-order valence-electron chi connectivity index (χ3n) is 9.03. The number of hydrogen-bond acceptors (Lipinski definition) is 5. The van der Waals surface area contributed by atoms with Gasteiger partial charge >= 0.3 is 18.3 Å². The molecule has 0 saturated heterocycles. The highest BCUT2D eigenvalue weighted by molar-refractivity contribution is 5.82. The van der Waals surface area contributed by atoms with Crippen molar-refractivity contribution in [3.8, 4) is 11.1 Å². The Bertz CT molecular complexity index is 1970. The molecule has 0 bridgehead atoms. The summed E-state index contributed by atoms with van der Waals surface area (Å²) in [6, 6.07) is 0.814. The van der Waals surface area contributed by atoms with Crippen LogP contribution < -0.4 is 10.9 Å². The maximum absolute atomic E-state index is 16.2. The maximum Gasteiger partial charge on any atom is 0.419 e. The summed E-state index contributed by atoms with van der Waals surface area (Å²) in [7, 11) is 3.26. The van der Waals surface area contributed by atoms with Gasteiger partial charge in [0.2, 0.25) is 5.91 Å². The number of allylic oxidation sites excluding steroid dienone is 2. The number of nitrogens with one attached hydrogen (secondary N) is 1. The highest BCUT2D eigenvalue weighted by Crippen LogP contribution is 2.41. The van der Waals surface area contributed by atoms with Crippen LogP contribution in [0.25, 0.3) is 11.1 Å². The SMILES string of the molecule is C=CCCCCc1cc(F)cc(C)c1-c1cc([C@H](CC(=O)OCC)NC(=O)[C@H](CC(=C)C)n2cc(CCN(C)C)c(C(F)(F)F)cc2=O)c(F)c(C(F)(F)F)c1. The lowest BCUT2D eigenvalue weighted by molar-refractivity contribution is -0.144. The number of halogens is 8. The molecule has 0 saturated carbocycles. The van der Waals surface area contributed by atoms with E-state index in [9.17, 15) is 45.1 Å². The summed E-state index contributed by atoms with van der Waals surface area (Å²) in [4.78, 5) is 42.0. The topological polar surface area (TPSA) is 80.6 Å². The molecular formula is C41H47F8N3O4. The monoisotopic (exact) mass is 797 g/mol. The molecule has 306 valence electrons. The molecule has 0 aliphatic heterocycles. The van der Waals surface area contributed by atoms with E-state index < -0.39 is 76.6 Å². The van der Waals surface area contributed by atoms with E-state index in [1.807, 2.05) is 0 Å². The van der Waals surface area contributed by atoms with Crippen LogP contribution in [0.15, 0.2) is 66.1 Å². The minimum absolute atomic E-state index is 0.140. The molecule has 15 heteroatoms. The number of unbranched alkanes of at least 4 members (excludes halogenated alkanes) is 2. The second-order valence-electron chi connectivity index (χ2n) is 14.0. The molecule has 56 heavy (non-hydrogen) atoms. The van der Waals surface area contributed by atoms with Gasteiger partial charge in [-0.3, -0.25) is 14.4 Å². The standard InChI is InChI=1S/C41H47F8N3O4/c1-8-10-11-12-13-26-18-29(42)17-25(5)37(26)28-19-30(38(43)32(20-28)41(47,48)49)33(22-36(54)56-9-2)50-39(55)34(16-24(3)4)52-23-27(14-15-51(6)7)31(21-35(52)53)40(44,45)46/h8,17-21,23,33-34H,1,3,9-16,22H2,2,4-7H3,(H,50,55)/t33-,34-/m0/s1. The van der Waals surface area contributed by atoms with E-state index >= 15 is 4.39 Å². The molecule has 0 aliphatic rings. The minimum Gasteiger partial charge on any atom is -0.466 e. The van der Waals surface area contributed by atoms with Gasteiger partial charge in [0.05, 0.1) is 30.2 Å². The van der Waals surface area contributed by atoms with Crippen LogP contribution in [0.4, 0.5) is 35.1 Å². The first-order chi connectivity index (χ1) is 26.1. The molecule has 0 fully saturated rings. The van der Waals surface area contributed by atoms with Gasteiger partial charge < -0.3 is 19.5 Å². The zero-order valence-electron chi connectivity index (χ0n) is 32.0. The Morgan fingerprint density at radius 1 is 0.946 bits per heavy atom. The van der Waals surface area contributed by atoms with Crippen LogP contribution in [0.3, 0.4) is 0 Å². The van der Waals surface area contributed by atoms with E-state index in [-0.39, 0.29) is 54.7 Å². The molecule has 0 spiro atoms. The molecule has 2 atom stereocenters. The minimum atomic E-state index is -5.27. The Balaban J connectivity index is 2.30. The number of aromatic nitrogens is 1. The van der Waals surface area contributed by atoms with Crippen molar-refractivity contribution in [2.24, 2.45) is 0 Å². The number of likely N-dealkylation sites (N-methyl/N-ethyl adjacent to an activating group) is 1. The smallest absolute Gasteiger partial charge is 0.419 e. The molecular weight excluding hydrogens is 750 g/mol. The normalized spacial score (nSPS) is 13.0. The average Bonchev–Trinajstić information content (AvgIpc) is 3.07. The molecule has 1 amide bonds. The third kappa shape index (κ3) is 12.1. The van der Waals surface area contributed by atoms with Crippen LogP contribution in [0.1, 0.15) is 91.4 Å². The molecule has 0 unspecified atom stereocenters. The van der Waals surface area contributed by atoms with E-state index in [0.29, 0.717) is 42.5 Å². The summed E-state index contributed by atoms with van der Waals surface area (Å²) in [6.07, 6.45) is -6.90. The second kappa shape index (κ2) is 19.4. The fourth-order valence-corrected chi connectivity index (χ4v) is 6.46. The summed E-state index contributed by atoms with van der Waals surface area (Å²) in [6.45, 7) is 11.8. The molecule has 1 N–H and O–H groups in total. The van der Waals surface area contributed by atoms with E-state index in [4.69, 9.17) is 4.74 Å². The maximum atomic E-state index is 16.2. The largest absolute Gasteiger partial charge is 0.466 e. The molecule has 1 aromatic heterocycles. The number of nitrogens with zero attached hydrogens (tertiary/aromatic N) is 2. The first kappa shape index (κ1) is 45.6. The number of amides is 1. The van der Waals surface area contributed by atoms with Crippen LogP contribution in [-0.4, -0.2) is 48.6 Å². The summed E-state index contributed by atoms with van der Waals surface area (Å²) in [5.41, 5.74) is -4.30. The number of rotatable bonds is 18. The summed E-state index contributed by atoms with van der Waals surface area (Å²) >= 11 is 0. The van der Waals surface area contributed by atoms with E-state index in [0.717, 1.165) is 22.9 Å². The van der Waals surface area contributed by atoms with Crippen molar-refractivity contribution in [3.05, 3.63) is 117 Å². The molecule has 3 aromatic rings. The van der Waals surface area contributed by atoms with Crippen molar-refractivity contribution in [2.75, 3.05) is 27.2 Å². The molecule has 0 aliphatic carbocycles. The molecule has 2 aromatic carbocycles. The number of esters is 1. The molecule has 7 nitrogen and oxygen atoms in total. The van der Waals surface area contributed by atoms with Crippen LogP contribution >= 0.6 is 0 Å². The van der Waals surface area contributed by atoms with Gasteiger partial charge in [0.25, 0.3) is 5.56 Å². The van der Waals surface area contributed by atoms with Crippen LogP contribution in [0.5, 0.6) is 0 Å². The fourth-order valence-electron chi connectivity index (χ4n) is 6.46. The molecule has 1 heterocycles. The lowest BCUT2D eigenvalue weighted by atomic mass is 9.88. The quantitative estimate of drug-likeness (QED) is 0.0601. The Morgan fingerprint density at radius 3 is 2.18 bits per heavy atom. The van der Waals surface area contributed by atoms with Gasteiger partial charge in [-0.05, 0) is 125 Å². The van der Waals surface area contributed by atoms with Gasteiger partial charge in [-0.1, -0.05) is 11.6 Å². The number of hydrogen-bond donors (Lipinski definition) is 1. The van der Waals surface area contributed by atoms with E-state index in [2.05, 4.69) is 18.5 Å². The van der Waals surface area contributed by atoms with Gasteiger partial charge in [0.15, 0.2) is 0 Å². The average molecular weight is 798 g/mol. The Labute approximate surface area is 321 Å². The Hall–Kier alpha value is -4.79. The predicted octanol–water partition coefficient (Wildman–Crippen LogP) is 9.46. The van der Waals surface area contributed by atoms with E-state index in [1.54, 1.807) is 25.1 Å². The van der Waals surface area contributed by atoms with Crippen molar-refractivity contribution >= 4 is 11.9 Å². The van der Waals surface area contributed by atoms with Crippen molar-refractivity contribution in [2.45, 2.75) is 90.2 Å².